The molecule has 2 atom stereocenters. The largest absolute Gasteiger partial charge is 0.337 e. The molecule has 2 aromatic heterocycles. The number of urea groups is 2. The second-order valence-electron chi connectivity index (χ2n) is 8.81. The molecule has 0 spiro atoms. The number of amides is 4. The van der Waals surface area contributed by atoms with Crippen LogP contribution in [0.2, 0.25) is 0 Å². The van der Waals surface area contributed by atoms with Crippen LogP contribution in [0.1, 0.15) is 40.0 Å². The lowest BCUT2D eigenvalue weighted by molar-refractivity contribution is 0.0761. The highest BCUT2D eigenvalue weighted by Gasteiger charge is 2.41. The van der Waals surface area contributed by atoms with Gasteiger partial charge < -0.3 is 10.6 Å². The molecular weight excluding hydrogens is 384 g/mol. The van der Waals surface area contributed by atoms with Crippen molar-refractivity contribution in [2.75, 3.05) is 17.2 Å². The summed E-state index contributed by atoms with van der Waals surface area (Å²) >= 11 is 0. The van der Waals surface area contributed by atoms with Gasteiger partial charge in [-0.2, -0.15) is 0 Å². The quantitative estimate of drug-likeness (QED) is 0.597. The van der Waals surface area contributed by atoms with Gasteiger partial charge in [-0.1, -0.05) is 20.8 Å². The van der Waals surface area contributed by atoms with Crippen LogP contribution in [0.25, 0.3) is 0 Å². The van der Waals surface area contributed by atoms with Crippen molar-refractivity contribution in [3.63, 3.8) is 0 Å². The molecule has 1 aliphatic carbocycles. The van der Waals surface area contributed by atoms with Crippen LogP contribution in [-0.2, 0) is 0 Å². The summed E-state index contributed by atoms with van der Waals surface area (Å²) in [6.07, 6.45) is 8.77. The number of hydrogen-bond acceptors (Lipinski definition) is 6. The first-order valence-corrected chi connectivity index (χ1v) is 9.90. The molecule has 0 aromatic carbocycles. The second kappa shape index (κ2) is 9.02. The van der Waals surface area contributed by atoms with Crippen LogP contribution in [-0.4, -0.2) is 44.6 Å². The lowest BCUT2D eigenvalue weighted by atomic mass is 9.62. The van der Waals surface area contributed by atoms with E-state index in [4.69, 9.17) is 0 Å². The Morgan fingerprint density at radius 3 is 2.00 bits per heavy atom. The topological polar surface area (TPSA) is 134 Å². The van der Waals surface area contributed by atoms with Crippen molar-refractivity contribution in [2.45, 2.75) is 46.1 Å². The number of aromatic nitrogens is 4. The summed E-state index contributed by atoms with van der Waals surface area (Å²) in [7, 11) is 0. The van der Waals surface area contributed by atoms with Crippen molar-refractivity contribution >= 4 is 24.0 Å². The minimum Gasteiger partial charge on any atom is -0.337 e. The van der Waals surface area contributed by atoms with Crippen LogP contribution in [0.5, 0.6) is 0 Å². The highest BCUT2D eigenvalue weighted by atomic mass is 16.2. The molecule has 1 aliphatic rings. The average molecular weight is 412 g/mol. The van der Waals surface area contributed by atoms with E-state index in [1.807, 2.05) is 0 Å². The van der Waals surface area contributed by atoms with E-state index in [-0.39, 0.29) is 40.8 Å². The highest BCUT2D eigenvalue weighted by Crippen LogP contribution is 2.45. The maximum atomic E-state index is 12.4. The fourth-order valence-corrected chi connectivity index (χ4v) is 4.36. The first kappa shape index (κ1) is 21.4. The summed E-state index contributed by atoms with van der Waals surface area (Å²) in [5.41, 5.74) is -0.174. The highest BCUT2D eigenvalue weighted by molar-refractivity contribution is 5.88. The van der Waals surface area contributed by atoms with Crippen LogP contribution >= 0.6 is 0 Å². The van der Waals surface area contributed by atoms with Crippen LogP contribution in [0, 0.1) is 10.8 Å². The Bertz CT molecular complexity index is 862. The summed E-state index contributed by atoms with van der Waals surface area (Å²) < 4.78 is 0. The molecule has 4 N–H and O–H groups in total. The second-order valence-corrected chi connectivity index (χ2v) is 8.81. The number of carbonyl (C=O) groups is 2. The molecule has 2 aromatic rings. The molecule has 0 radical (unpaired) electrons. The van der Waals surface area contributed by atoms with Crippen molar-refractivity contribution < 1.29 is 9.59 Å². The lowest BCUT2D eigenvalue weighted by Gasteiger charge is -2.46. The fourth-order valence-electron chi connectivity index (χ4n) is 4.36. The van der Waals surface area contributed by atoms with Crippen LogP contribution in [0.3, 0.4) is 0 Å². The van der Waals surface area contributed by atoms with Gasteiger partial charge in [-0.25, -0.2) is 29.5 Å². The number of rotatable bonds is 5. The first-order chi connectivity index (χ1) is 14.2. The monoisotopic (exact) mass is 412 g/mol. The Morgan fingerprint density at radius 2 is 1.43 bits per heavy atom. The fraction of sp³-hybridized carbons (Fsp3) is 0.500. The van der Waals surface area contributed by atoms with Crippen molar-refractivity contribution in [3.05, 3.63) is 36.9 Å². The maximum Gasteiger partial charge on any atom is 0.321 e. The number of nitrogens with one attached hydrogen (secondary N) is 4. The molecule has 1 saturated carbocycles. The van der Waals surface area contributed by atoms with E-state index in [1.165, 1.54) is 0 Å². The van der Waals surface area contributed by atoms with Crippen molar-refractivity contribution in [1.82, 2.24) is 30.6 Å². The third-order valence-electron chi connectivity index (χ3n) is 5.04. The third kappa shape index (κ3) is 6.36. The van der Waals surface area contributed by atoms with E-state index in [9.17, 15) is 9.59 Å². The number of hydrogen-bond donors (Lipinski definition) is 4. The molecule has 0 bridgehead atoms. The Labute approximate surface area is 175 Å². The van der Waals surface area contributed by atoms with Crippen molar-refractivity contribution in [3.8, 4) is 0 Å². The minimum absolute atomic E-state index is 0.00882. The molecule has 10 nitrogen and oxygen atoms in total. The standard InChI is InChI=1S/C20H28N8O2/c1-19(2)10-14(26-18(30)28-16-23-8-5-9-24-16)11-20(3,12-19)13-25-17(29)27-15-21-6-4-7-22-15/h4-9,14H,10-13H2,1-3H3,(H2,21,22,25,27,29)(H2,23,24,26,28,30)/t14-,20+/m0/s1. The molecule has 4 amide bonds. The van der Waals surface area contributed by atoms with Gasteiger partial charge in [0.05, 0.1) is 0 Å². The van der Waals surface area contributed by atoms with Gasteiger partial charge in [-0.05, 0) is 42.2 Å². The summed E-state index contributed by atoms with van der Waals surface area (Å²) in [5, 5.41) is 11.2. The van der Waals surface area contributed by atoms with Crippen LogP contribution in [0.4, 0.5) is 21.5 Å². The molecule has 3 rings (SSSR count). The minimum atomic E-state index is -0.353. The summed E-state index contributed by atoms with van der Waals surface area (Å²) in [6.45, 7) is 6.95. The summed E-state index contributed by atoms with van der Waals surface area (Å²) in [5.74, 6) is 0.512. The molecule has 0 unspecified atom stereocenters. The predicted molar refractivity (Wildman–Crippen MR) is 113 cm³/mol. The van der Waals surface area contributed by atoms with E-state index < -0.39 is 0 Å². The van der Waals surface area contributed by atoms with E-state index in [0.29, 0.717) is 6.54 Å². The molecule has 1 fully saturated rings. The van der Waals surface area contributed by atoms with Crippen LogP contribution < -0.4 is 21.3 Å². The zero-order valence-electron chi connectivity index (χ0n) is 17.5. The van der Waals surface area contributed by atoms with Crippen molar-refractivity contribution in [1.29, 1.82) is 0 Å². The van der Waals surface area contributed by atoms with Gasteiger partial charge in [0, 0.05) is 37.4 Å². The van der Waals surface area contributed by atoms with Gasteiger partial charge >= 0.3 is 12.1 Å². The van der Waals surface area contributed by atoms with Gasteiger partial charge in [0.2, 0.25) is 11.9 Å². The lowest BCUT2D eigenvalue weighted by Crippen LogP contribution is -2.51. The molecule has 2 heterocycles. The van der Waals surface area contributed by atoms with Gasteiger partial charge in [0.25, 0.3) is 0 Å². The number of anilines is 2. The molecule has 0 aliphatic heterocycles. The molecule has 30 heavy (non-hydrogen) atoms. The van der Waals surface area contributed by atoms with Gasteiger partial charge in [0.1, 0.15) is 0 Å². The Hall–Kier alpha value is -3.30. The molecular formula is C20H28N8O2. The predicted octanol–water partition coefficient (Wildman–Crippen LogP) is 2.79. The smallest absolute Gasteiger partial charge is 0.321 e. The van der Waals surface area contributed by atoms with Gasteiger partial charge in [0.15, 0.2) is 0 Å². The normalized spacial score (nSPS) is 22.6. The Kier molecular flexibility index (Phi) is 6.43. The zero-order chi connectivity index (χ0) is 21.6. The first-order valence-electron chi connectivity index (χ1n) is 9.90. The molecule has 160 valence electrons. The summed E-state index contributed by atoms with van der Waals surface area (Å²) in [6, 6.07) is 2.64. The Balaban J connectivity index is 1.56. The molecule has 10 heteroatoms. The van der Waals surface area contributed by atoms with Crippen molar-refractivity contribution in [2.24, 2.45) is 10.8 Å². The summed E-state index contributed by atoms with van der Waals surface area (Å²) in [4.78, 5) is 40.6. The van der Waals surface area contributed by atoms with Gasteiger partial charge in [-0.15, -0.1) is 0 Å². The SMILES string of the molecule is CC1(C)C[C@H](NC(=O)Nc2ncccn2)C[C@@](C)(CNC(=O)Nc2ncccn2)C1. The zero-order valence-corrected chi connectivity index (χ0v) is 17.5. The van der Waals surface area contributed by atoms with E-state index >= 15 is 0 Å². The van der Waals surface area contributed by atoms with Crippen LogP contribution in [0.15, 0.2) is 36.9 Å². The Morgan fingerprint density at radius 1 is 0.900 bits per heavy atom. The maximum absolute atomic E-state index is 12.4. The molecule has 0 saturated heterocycles. The van der Waals surface area contributed by atoms with E-state index in [1.54, 1.807) is 36.9 Å². The number of carbonyl (C=O) groups excluding carboxylic acids is 2. The third-order valence-corrected chi connectivity index (χ3v) is 5.04. The average Bonchev–Trinajstić information content (AvgIpc) is 2.66. The van der Waals surface area contributed by atoms with E-state index in [2.05, 4.69) is 62.0 Å². The van der Waals surface area contributed by atoms with Gasteiger partial charge in [-0.3, -0.25) is 10.6 Å². The number of nitrogens with zero attached hydrogens (tertiary/aromatic N) is 4. The van der Waals surface area contributed by atoms with E-state index in [0.717, 1.165) is 19.3 Å².